The summed E-state index contributed by atoms with van der Waals surface area (Å²) in [5.41, 5.74) is 2.45. The zero-order chi connectivity index (χ0) is 14.7. The lowest BCUT2D eigenvalue weighted by atomic mass is 9.97. The summed E-state index contributed by atoms with van der Waals surface area (Å²) in [6.07, 6.45) is 1.18. The fourth-order valence-corrected chi connectivity index (χ4v) is 3.00. The lowest BCUT2D eigenvalue weighted by molar-refractivity contribution is 0.391. The predicted octanol–water partition coefficient (Wildman–Crippen LogP) is 2.78. The van der Waals surface area contributed by atoms with Gasteiger partial charge in [0.15, 0.2) is 0 Å². The third-order valence-corrected chi connectivity index (χ3v) is 4.15. The first-order chi connectivity index (χ1) is 10.2. The SMILES string of the molecule is CN1CCC(NC(c2ccccc2)c2ccc(O)cc2)C1. The van der Waals surface area contributed by atoms with E-state index in [1.54, 1.807) is 12.1 Å². The summed E-state index contributed by atoms with van der Waals surface area (Å²) in [6, 6.07) is 18.7. The van der Waals surface area contributed by atoms with Gasteiger partial charge in [-0.15, -0.1) is 0 Å². The molecule has 0 bridgehead atoms. The molecule has 0 radical (unpaired) electrons. The number of aromatic hydroxyl groups is 1. The van der Waals surface area contributed by atoms with Crippen molar-refractivity contribution in [2.75, 3.05) is 20.1 Å². The van der Waals surface area contributed by atoms with E-state index >= 15 is 0 Å². The standard InChI is InChI=1S/C18H22N2O/c1-20-12-11-16(13-20)19-18(14-5-3-2-4-6-14)15-7-9-17(21)10-8-15/h2-10,16,18-19,21H,11-13H2,1H3. The second kappa shape index (κ2) is 6.29. The molecule has 2 unspecified atom stereocenters. The highest BCUT2D eigenvalue weighted by atomic mass is 16.3. The molecule has 0 saturated carbocycles. The Kier molecular flexibility index (Phi) is 4.23. The Balaban J connectivity index is 1.86. The number of nitrogens with one attached hydrogen (secondary N) is 1. The molecule has 2 aromatic rings. The number of hydrogen-bond donors (Lipinski definition) is 2. The van der Waals surface area contributed by atoms with Crippen molar-refractivity contribution in [2.45, 2.75) is 18.5 Å². The summed E-state index contributed by atoms with van der Waals surface area (Å²) in [5, 5.41) is 13.3. The quantitative estimate of drug-likeness (QED) is 0.905. The van der Waals surface area contributed by atoms with Gasteiger partial charge < -0.3 is 15.3 Å². The first-order valence-electron chi connectivity index (χ1n) is 7.51. The summed E-state index contributed by atoms with van der Waals surface area (Å²) >= 11 is 0. The van der Waals surface area contributed by atoms with Gasteiger partial charge in [0.05, 0.1) is 6.04 Å². The zero-order valence-corrected chi connectivity index (χ0v) is 12.4. The van der Waals surface area contributed by atoms with E-state index in [1.165, 1.54) is 17.5 Å². The molecule has 0 aliphatic carbocycles. The van der Waals surface area contributed by atoms with Crippen molar-refractivity contribution < 1.29 is 5.11 Å². The molecule has 3 nitrogen and oxygen atoms in total. The Morgan fingerprint density at radius 3 is 2.33 bits per heavy atom. The molecule has 3 heteroatoms. The van der Waals surface area contributed by atoms with Crippen LogP contribution in [0.1, 0.15) is 23.6 Å². The molecule has 2 aromatic carbocycles. The molecule has 0 aromatic heterocycles. The summed E-state index contributed by atoms with van der Waals surface area (Å²) in [6.45, 7) is 2.23. The van der Waals surface area contributed by atoms with Crippen LogP contribution < -0.4 is 5.32 Å². The third-order valence-electron chi connectivity index (χ3n) is 4.15. The number of benzene rings is 2. The maximum Gasteiger partial charge on any atom is 0.115 e. The first-order valence-corrected chi connectivity index (χ1v) is 7.51. The molecule has 2 atom stereocenters. The van der Waals surface area contributed by atoms with Crippen molar-refractivity contribution in [1.29, 1.82) is 0 Å². The highest BCUT2D eigenvalue weighted by Gasteiger charge is 2.23. The van der Waals surface area contributed by atoms with Crippen molar-refractivity contribution in [2.24, 2.45) is 0 Å². The molecule has 1 aliphatic rings. The van der Waals surface area contributed by atoms with Crippen LogP contribution in [0.15, 0.2) is 54.6 Å². The minimum absolute atomic E-state index is 0.170. The average Bonchev–Trinajstić information content (AvgIpc) is 2.92. The Morgan fingerprint density at radius 2 is 1.71 bits per heavy atom. The van der Waals surface area contributed by atoms with Crippen LogP contribution >= 0.6 is 0 Å². The normalized spacial score (nSPS) is 20.5. The molecule has 110 valence electrons. The lowest BCUT2D eigenvalue weighted by Gasteiger charge is -2.24. The molecule has 2 N–H and O–H groups in total. The van der Waals surface area contributed by atoms with Gasteiger partial charge in [-0.1, -0.05) is 42.5 Å². The van der Waals surface area contributed by atoms with E-state index in [9.17, 15) is 5.11 Å². The Hall–Kier alpha value is -1.84. The molecule has 21 heavy (non-hydrogen) atoms. The number of hydrogen-bond acceptors (Lipinski definition) is 3. The van der Waals surface area contributed by atoms with E-state index in [0.717, 1.165) is 13.1 Å². The van der Waals surface area contributed by atoms with Crippen LogP contribution in [-0.4, -0.2) is 36.2 Å². The number of likely N-dealkylation sites (tertiary alicyclic amines) is 1. The van der Waals surface area contributed by atoms with Gasteiger partial charge in [0, 0.05) is 12.6 Å². The maximum absolute atomic E-state index is 9.50. The Labute approximate surface area is 126 Å². The molecule has 1 fully saturated rings. The maximum atomic E-state index is 9.50. The lowest BCUT2D eigenvalue weighted by Crippen LogP contribution is -2.35. The highest BCUT2D eigenvalue weighted by molar-refractivity contribution is 5.35. The summed E-state index contributed by atoms with van der Waals surface area (Å²) in [4.78, 5) is 2.36. The van der Waals surface area contributed by atoms with Crippen molar-refractivity contribution in [3.63, 3.8) is 0 Å². The van der Waals surface area contributed by atoms with Gasteiger partial charge in [-0.3, -0.25) is 0 Å². The number of phenols is 1. The molecule has 0 amide bonds. The van der Waals surface area contributed by atoms with Gasteiger partial charge >= 0.3 is 0 Å². The van der Waals surface area contributed by atoms with Gasteiger partial charge in [-0.25, -0.2) is 0 Å². The Bertz CT molecular complexity index is 568. The van der Waals surface area contributed by atoms with Gasteiger partial charge in [-0.2, -0.15) is 0 Å². The van der Waals surface area contributed by atoms with Gasteiger partial charge in [0.25, 0.3) is 0 Å². The molecular formula is C18H22N2O. The summed E-state index contributed by atoms with van der Waals surface area (Å²) < 4.78 is 0. The number of rotatable bonds is 4. The molecule has 1 saturated heterocycles. The van der Waals surface area contributed by atoms with Crippen LogP contribution in [-0.2, 0) is 0 Å². The fraction of sp³-hybridized carbons (Fsp3) is 0.333. The smallest absolute Gasteiger partial charge is 0.115 e. The van der Waals surface area contributed by atoms with Crippen molar-refractivity contribution in [3.05, 3.63) is 65.7 Å². The summed E-state index contributed by atoms with van der Waals surface area (Å²) in [7, 11) is 2.17. The van der Waals surface area contributed by atoms with Crippen LogP contribution in [0.3, 0.4) is 0 Å². The average molecular weight is 282 g/mol. The van der Waals surface area contributed by atoms with E-state index < -0.39 is 0 Å². The molecule has 1 heterocycles. The minimum atomic E-state index is 0.170. The van der Waals surface area contributed by atoms with E-state index in [-0.39, 0.29) is 6.04 Å². The zero-order valence-electron chi connectivity index (χ0n) is 12.4. The molecule has 1 aliphatic heterocycles. The van der Waals surface area contributed by atoms with E-state index in [0.29, 0.717) is 11.8 Å². The summed E-state index contributed by atoms with van der Waals surface area (Å²) in [5.74, 6) is 0.311. The van der Waals surface area contributed by atoms with Crippen LogP contribution in [0.2, 0.25) is 0 Å². The molecule has 3 rings (SSSR count). The van der Waals surface area contributed by atoms with E-state index in [4.69, 9.17) is 0 Å². The topological polar surface area (TPSA) is 35.5 Å². The number of phenolic OH excluding ortho intramolecular Hbond substituents is 1. The fourth-order valence-electron chi connectivity index (χ4n) is 3.00. The first kappa shape index (κ1) is 14.1. The van der Waals surface area contributed by atoms with E-state index in [2.05, 4.69) is 41.5 Å². The van der Waals surface area contributed by atoms with Crippen LogP contribution in [0.4, 0.5) is 0 Å². The van der Waals surface area contributed by atoms with E-state index in [1.807, 2.05) is 18.2 Å². The minimum Gasteiger partial charge on any atom is -0.508 e. The number of likely N-dealkylation sites (N-methyl/N-ethyl adjacent to an activating group) is 1. The predicted molar refractivity (Wildman–Crippen MR) is 85.4 cm³/mol. The second-order valence-corrected chi connectivity index (χ2v) is 5.85. The monoisotopic (exact) mass is 282 g/mol. The van der Waals surface area contributed by atoms with Crippen LogP contribution in [0.25, 0.3) is 0 Å². The third kappa shape index (κ3) is 3.43. The van der Waals surface area contributed by atoms with Gasteiger partial charge in [0.2, 0.25) is 0 Å². The van der Waals surface area contributed by atoms with Crippen LogP contribution in [0, 0.1) is 0 Å². The van der Waals surface area contributed by atoms with Crippen LogP contribution in [0.5, 0.6) is 5.75 Å². The van der Waals surface area contributed by atoms with Crippen molar-refractivity contribution >= 4 is 0 Å². The number of nitrogens with zero attached hydrogens (tertiary/aromatic N) is 1. The molecular weight excluding hydrogens is 260 g/mol. The van der Waals surface area contributed by atoms with Gasteiger partial charge in [0.1, 0.15) is 5.75 Å². The highest BCUT2D eigenvalue weighted by Crippen LogP contribution is 2.25. The second-order valence-electron chi connectivity index (χ2n) is 5.85. The van der Waals surface area contributed by atoms with Gasteiger partial charge in [-0.05, 0) is 43.3 Å². The molecule has 0 spiro atoms. The largest absolute Gasteiger partial charge is 0.508 e. The Morgan fingerprint density at radius 1 is 1.05 bits per heavy atom. The van der Waals surface area contributed by atoms with Crippen molar-refractivity contribution in [3.8, 4) is 5.75 Å². The van der Waals surface area contributed by atoms with Crippen molar-refractivity contribution in [1.82, 2.24) is 10.2 Å².